The zero-order valence-electron chi connectivity index (χ0n) is 9.55. The Balaban J connectivity index is 2.34. The predicted molar refractivity (Wildman–Crippen MR) is 62.6 cm³/mol. The quantitative estimate of drug-likeness (QED) is 0.642. The Labute approximate surface area is 98.9 Å². The second kappa shape index (κ2) is 7.01. The predicted octanol–water partition coefficient (Wildman–Crippen LogP) is 1.91. The first-order valence-corrected chi connectivity index (χ1v) is 5.61. The van der Waals surface area contributed by atoms with E-state index < -0.39 is 11.6 Å². The Morgan fingerprint density at radius 2 is 1.88 bits per heavy atom. The molecule has 4 nitrogen and oxygen atoms in total. The van der Waals surface area contributed by atoms with Crippen molar-refractivity contribution in [1.29, 1.82) is 0 Å². The number of hydrogen-bond donors (Lipinski definition) is 3. The lowest BCUT2D eigenvalue weighted by molar-refractivity contribution is 0.283. The van der Waals surface area contributed by atoms with E-state index in [-0.39, 0.29) is 18.2 Å². The molecule has 0 aromatic carbocycles. The summed E-state index contributed by atoms with van der Waals surface area (Å²) in [7, 11) is 0. The van der Waals surface area contributed by atoms with Crippen LogP contribution in [0, 0.1) is 11.6 Å². The molecule has 0 fully saturated rings. The van der Waals surface area contributed by atoms with Crippen LogP contribution >= 0.6 is 0 Å². The molecule has 0 aliphatic carbocycles. The molecular weight excluding hydrogens is 228 g/mol. The average molecular weight is 245 g/mol. The molecule has 0 atom stereocenters. The molecular formula is C11H17F2N3O. The molecule has 0 spiro atoms. The molecule has 1 heterocycles. The summed E-state index contributed by atoms with van der Waals surface area (Å²) in [6.07, 6.45) is 3.47. The van der Waals surface area contributed by atoms with Gasteiger partial charge in [-0.1, -0.05) is 12.8 Å². The van der Waals surface area contributed by atoms with Crippen molar-refractivity contribution in [3.63, 3.8) is 0 Å². The maximum absolute atomic E-state index is 13.2. The molecule has 0 saturated carbocycles. The summed E-state index contributed by atoms with van der Waals surface area (Å²) in [5.74, 6) is -1.93. The van der Waals surface area contributed by atoms with Gasteiger partial charge in [0.25, 0.3) is 0 Å². The summed E-state index contributed by atoms with van der Waals surface area (Å²) in [6.45, 7) is 0.735. The third-order valence-electron chi connectivity index (χ3n) is 2.33. The van der Waals surface area contributed by atoms with Crippen molar-refractivity contribution in [2.75, 3.05) is 24.2 Å². The molecule has 0 aliphatic heterocycles. The van der Waals surface area contributed by atoms with Crippen LogP contribution in [0.15, 0.2) is 6.07 Å². The molecule has 0 unspecified atom stereocenters. The summed E-state index contributed by atoms with van der Waals surface area (Å²) >= 11 is 0. The third-order valence-corrected chi connectivity index (χ3v) is 2.33. The van der Waals surface area contributed by atoms with E-state index >= 15 is 0 Å². The molecule has 0 amide bonds. The van der Waals surface area contributed by atoms with Gasteiger partial charge in [0.15, 0.2) is 23.3 Å². The largest absolute Gasteiger partial charge is 0.396 e. The monoisotopic (exact) mass is 245 g/mol. The Kier molecular flexibility index (Phi) is 5.62. The third kappa shape index (κ3) is 4.52. The van der Waals surface area contributed by atoms with E-state index in [0.717, 1.165) is 31.7 Å². The van der Waals surface area contributed by atoms with E-state index in [4.69, 9.17) is 10.8 Å². The van der Waals surface area contributed by atoms with Crippen LogP contribution in [-0.2, 0) is 0 Å². The summed E-state index contributed by atoms with van der Waals surface area (Å²) in [5.41, 5.74) is 5.24. The number of aromatic nitrogens is 1. The zero-order chi connectivity index (χ0) is 12.7. The topological polar surface area (TPSA) is 71.2 Å². The lowest BCUT2D eigenvalue weighted by Crippen LogP contribution is -2.08. The van der Waals surface area contributed by atoms with Gasteiger partial charge in [0.05, 0.1) is 0 Å². The van der Waals surface area contributed by atoms with Gasteiger partial charge in [0, 0.05) is 19.2 Å². The van der Waals surface area contributed by atoms with Crippen LogP contribution in [0.5, 0.6) is 0 Å². The van der Waals surface area contributed by atoms with Crippen LogP contribution in [0.3, 0.4) is 0 Å². The van der Waals surface area contributed by atoms with Gasteiger partial charge >= 0.3 is 0 Å². The number of nitrogens with zero attached hydrogens (tertiary/aromatic N) is 1. The van der Waals surface area contributed by atoms with E-state index in [1.165, 1.54) is 0 Å². The fraction of sp³-hybridized carbons (Fsp3) is 0.545. The molecule has 0 radical (unpaired) electrons. The first kappa shape index (κ1) is 13.6. The summed E-state index contributed by atoms with van der Waals surface area (Å²) in [4.78, 5) is 3.58. The second-order valence-corrected chi connectivity index (χ2v) is 3.75. The molecule has 0 saturated heterocycles. The Bertz CT molecular complexity index is 361. The molecule has 1 aromatic rings. The van der Waals surface area contributed by atoms with Crippen molar-refractivity contribution in [1.82, 2.24) is 4.98 Å². The molecule has 0 bridgehead atoms. The molecule has 1 rings (SSSR count). The highest BCUT2D eigenvalue weighted by Crippen LogP contribution is 2.16. The number of rotatable bonds is 7. The number of aliphatic hydroxyl groups excluding tert-OH is 1. The Hall–Kier alpha value is -1.43. The second-order valence-electron chi connectivity index (χ2n) is 3.75. The van der Waals surface area contributed by atoms with Gasteiger partial charge in [-0.05, 0) is 12.8 Å². The van der Waals surface area contributed by atoms with Gasteiger partial charge in [-0.2, -0.15) is 0 Å². The van der Waals surface area contributed by atoms with Gasteiger partial charge in [-0.3, -0.25) is 0 Å². The van der Waals surface area contributed by atoms with E-state index in [9.17, 15) is 8.78 Å². The van der Waals surface area contributed by atoms with Crippen LogP contribution in [0.1, 0.15) is 25.7 Å². The summed E-state index contributed by atoms with van der Waals surface area (Å²) in [5, 5.41) is 11.3. The summed E-state index contributed by atoms with van der Waals surface area (Å²) in [6, 6.07) is 0.719. The number of anilines is 2. The normalized spacial score (nSPS) is 10.5. The van der Waals surface area contributed by atoms with Crippen LogP contribution in [-0.4, -0.2) is 23.2 Å². The highest BCUT2D eigenvalue weighted by atomic mass is 19.1. The van der Waals surface area contributed by atoms with E-state index in [2.05, 4.69) is 10.3 Å². The van der Waals surface area contributed by atoms with Crippen LogP contribution < -0.4 is 11.1 Å². The number of hydrogen-bond acceptors (Lipinski definition) is 4. The SMILES string of the molecule is Nc1nc(NCCCCCCO)c(F)cc1F. The standard InChI is InChI=1S/C11H17F2N3O/c12-8-7-9(13)11(16-10(8)14)15-5-3-1-2-4-6-17/h7,17H,1-6H2,(H3,14,15,16). The highest BCUT2D eigenvalue weighted by Gasteiger charge is 2.08. The number of unbranched alkanes of at least 4 members (excludes halogenated alkanes) is 3. The first-order chi connectivity index (χ1) is 8.15. The van der Waals surface area contributed by atoms with E-state index in [1.54, 1.807) is 0 Å². The van der Waals surface area contributed by atoms with Gasteiger partial charge in [-0.15, -0.1) is 0 Å². The smallest absolute Gasteiger partial charge is 0.168 e. The minimum atomic E-state index is -0.851. The molecule has 0 aliphatic rings. The zero-order valence-corrected chi connectivity index (χ0v) is 9.55. The van der Waals surface area contributed by atoms with E-state index in [0.29, 0.717) is 6.54 Å². The van der Waals surface area contributed by atoms with E-state index in [1.807, 2.05) is 0 Å². The highest BCUT2D eigenvalue weighted by molar-refractivity contribution is 5.44. The minimum Gasteiger partial charge on any atom is -0.396 e. The number of nitrogens with two attached hydrogens (primary N) is 1. The van der Waals surface area contributed by atoms with Crippen molar-refractivity contribution >= 4 is 11.6 Å². The first-order valence-electron chi connectivity index (χ1n) is 5.61. The van der Waals surface area contributed by atoms with Crippen LogP contribution in [0.4, 0.5) is 20.4 Å². The van der Waals surface area contributed by atoms with Crippen LogP contribution in [0.25, 0.3) is 0 Å². The van der Waals surface area contributed by atoms with Gasteiger partial charge in [0.2, 0.25) is 0 Å². The van der Waals surface area contributed by atoms with Crippen molar-refractivity contribution in [3.05, 3.63) is 17.7 Å². The van der Waals surface area contributed by atoms with Crippen LogP contribution in [0.2, 0.25) is 0 Å². The summed E-state index contributed by atoms with van der Waals surface area (Å²) < 4.78 is 26.0. The maximum Gasteiger partial charge on any atom is 0.168 e. The minimum absolute atomic E-state index is 0.0222. The van der Waals surface area contributed by atoms with Crippen molar-refractivity contribution in [2.45, 2.75) is 25.7 Å². The number of aliphatic hydroxyl groups is 1. The lowest BCUT2D eigenvalue weighted by atomic mass is 10.2. The number of pyridine rings is 1. The Morgan fingerprint density at radius 1 is 1.18 bits per heavy atom. The molecule has 4 N–H and O–H groups in total. The van der Waals surface area contributed by atoms with Gasteiger partial charge < -0.3 is 16.2 Å². The molecule has 1 aromatic heterocycles. The Morgan fingerprint density at radius 3 is 2.59 bits per heavy atom. The fourth-order valence-corrected chi connectivity index (χ4v) is 1.40. The maximum atomic E-state index is 13.2. The molecule has 17 heavy (non-hydrogen) atoms. The fourth-order valence-electron chi connectivity index (χ4n) is 1.40. The number of nitrogen functional groups attached to an aromatic ring is 1. The molecule has 96 valence electrons. The van der Waals surface area contributed by atoms with Crippen molar-refractivity contribution in [2.24, 2.45) is 0 Å². The van der Waals surface area contributed by atoms with Crippen molar-refractivity contribution in [3.8, 4) is 0 Å². The lowest BCUT2D eigenvalue weighted by Gasteiger charge is -2.07. The number of nitrogens with one attached hydrogen (secondary N) is 1. The van der Waals surface area contributed by atoms with Crippen molar-refractivity contribution < 1.29 is 13.9 Å². The van der Waals surface area contributed by atoms with Gasteiger partial charge in [0.1, 0.15) is 0 Å². The van der Waals surface area contributed by atoms with Gasteiger partial charge in [-0.25, -0.2) is 13.8 Å². The number of halogens is 2. The average Bonchev–Trinajstić information content (AvgIpc) is 2.30. The molecule has 6 heteroatoms.